The van der Waals surface area contributed by atoms with Crippen LogP contribution < -0.4 is 0 Å². The fourth-order valence-electron chi connectivity index (χ4n) is 4.69. The van der Waals surface area contributed by atoms with Crippen LogP contribution in [-0.4, -0.2) is 71.6 Å². The molecule has 1 unspecified atom stereocenters. The Labute approximate surface area is 197 Å². The summed E-state index contributed by atoms with van der Waals surface area (Å²) in [6.45, 7) is 1.75. The number of likely N-dealkylation sites (tertiary alicyclic amines) is 1. The second kappa shape index (κ2) is 8.84. The Kier molecular flexibility index (Phi) is 5.86. The number of H-pyrrole nitrogens is 1. The Morgan fingerprint density at radius 3 is 2.74 bits per heavy atom. The monoisotopic (exact) mass is 481 g/mol. The number of benzene rings is 1. The van der Waals surface area contributed by atoms with Crippen LogP contribution in [0.3, 0.4) is 0 Å². The Morgan fingerprint density at radius 1 is 1.21 bits per heavy atom. The van der Waals surface area contributed by atoms with Crippen LogP contribution in [0.2, 0.25) is 0 Å². The van der Waals surface area contributed by atoms with Gasteiger partial charge >= 0.3 is 0 Å². The zero-order valence-corrected chi connectivity index (χ0v) is 20.0. The molecule has 0 bridgehead atoms. The number of methoxy groups -OCH3 is 1. The zero-order valence-electron chi connectivity index (χ0n) is 19.2. The quantitative estimate of drug-likeness (QED) is 0.453. The van der Waals surface area contributed by atoms with Crippen molar-refractivity contribution >= 4 is 32.4 Å². The molecule has 5 rings (SSSR count). The van der Waals surface area contributed by atoms with Crippen molar-refractivity contribution in [2.24, 2.45) is 0 Å². The Bertz CT molecular complexity index is 1460. The van der Waals surface area contributed by atoms with Gasteiger partial charge in [0, 0.05) is 44.1 Å². The fraction of sp³-hybridized carbons (Fsp3) is 0.375. The van der Waals surface area contributed by atoms with Gasteiger partial charge in [-0.2, -0.15) is 0 Å². The number of sulfone groups is 1. The van der Waals surface area contributed by atoms with Crippen molar-refractivity contribution in [3.8, 4) is 11.3 Å². The predicted octanol–water partition coefficient (Wildman–Crippen LogP) is 3.02. The normalized spacial score (nSPS) is 17.0. The minimum absolute atomic E-state index is 0.0669. The summed E-state index contributed by atoms with van der Waals surface area (Å²) in [5.74, 6) is 1.04. The molecule has 178 valence electrons. The number of carbonyl (C=O) groups excluding carboxylic acids is 1. The van der Waals surface area contributed by atoms with Crippen molar-refractivity contribution in [3.63, 3.8) is 0 Å². The van der Waals surface area contributed by atoms with E-state index in [2.05, 4.69) is 14.4 Å². The predicted molar refractivity (Wildman–Crippen MR) is 128 cm³/mol. The fourth-order valence-corrected chi connectivity index (χ4v) is 5.32. The molecular formula is C24H27N5O4S. The molecule has 9 nitrogen and oxygen atoms in total. The molecule has 1 atom stereocenters. The van der Waals surface area contributed by atoms with Crippen LogP contribution in [0, 0.1) is 0 Å². The number of imidazole rings is 1. The first-order chi connectivity index (χ1) is 16.4. The lowest BCUT2D eigenvalue weighted by atomic mass is 9.97. The van der Waals surface area contributed by atoms with Crippen LogP contribution in [-0.2, 0) is 19.4 Å². The summed E-state index contributed by atoms with van der Waals surface area (Å²) in [6.07, 6.45) is 7.03. The van der Waals surface area contributed by atoms with E-state index < -0.39 is 9.84 Å². The number of nitrogens with zero attached hydrogens (tertiary/aromatic N) is 4. The first-order valence-electron chi connectivity index (χ1n) is 11.3. The molecule has 1 fully saturated rings. The smallest absolute Gasteiger partial charge is 0.224 e. The van der Waals surface area contributed by atoms with Gasteiger partial charge in [-0.3, -0.25) is 9.20 Å². The van der Waals surface area contributed by atoms with E-state index >= 15 is 0 Å². The number of hydrogen-bond donors (Lipinski definition) is 1. The van der Waals surface area contributed by atoms with Crippen LogP contribution in [0.4, 0.5) is 0 Å². The van der Waals surface area contributed by atoms with Crippen molar-refractivity contribution < 1.29 is 17.9 Å². The minimum Gasteiger partial charge on any atom is -0.384 e. The number of aromatic nitrogens is 4. The number of carbonyl (C=O) groups is 1. The molecule has 1 N–H and O–H groups in total. The van der Waals surface area contributed by atoms with Crippen molar-refractivity contribution in [1.29, 1.82) is 0 Å². The summed E-state index contributed by atoms with van der Waals surface area (Å²) in [6, 6.07) is 8.75. The van der Waals surface area contributed by atoms with Gasteiger partial charge in [-0.05, 0) is 31.0 Å². The highest BCUT2D eigenvalue weighted by molar-refractivity contribution is 7.90. The van der Waals surface area contributed by atoms with Crippen LogP contribution in [0.15, 0.2) is 47.6 Å². The molecule has 1 saturated heterocycles. The van der Waals surface area contributed by atoms with Gasteiger partial charge in [0.2, 0.25) is 5.91 Å². The van der Waals surface area contributed by atoms with Crippen LogP contribution in [0.25, 0.3) is 27.9 Å². The molecule has 0 saturated carbocycles. The highest BCUT2D eigenvalue weighted by Gasteiger charge is 2.29. The van der Waals surface area contributed by atoms with Crippen LogP contribution >= 0.6 is 0 Å². The number of piperidine rings is 1. The number of hydrogen-bond acceptors (Lipinski definition) is 6. The van der Waals surface area contributed by atoms with E-state index in [1.54, 1.807) is 37.6 Å². The highest BCUT2D eigenvalue weighted by atomic mass is 32.2. The number of nitrogens with one attached hydrogen (secondary N) is 1. The Hall–Kier alpha value is -3.24. The molecule has 0 spiro atoms. The molecule has 3 aromatic heterocycles. The van der Waals surface area contributed by atoms with Crippen molar-refractivity contribution in [2.45, 2.75) is 30.1 Å². The summed E-state index contributed by atoms with van der Waals surface area (Å²) < 4.78 is 31.0. The molecule has 0 aliphatic carbocycles. The van der Waals surface area contributed by atoms with Gasteiger partial charge in [0.25, 0.3) is 0 Å². The molecule has 1 aliphatic heterocycles. The van der Waals surface area contributed by atoms with Gasteiger partial charge in [0.15, 0.2) is 15.5 Å². The number of ether oxygens (including phenoxy) is 1. The van der Waals surface area contributed by atoms with E-state index in [9.17, 15) is 13.2 Å². The standard InChI is InChI=1S/C24H27N5O4S/c1-33-13-10-21(30)28-12-3-4-17(15-28)24-27-22(16-5-7-18(8-6-16)34(2,31)32)20-14-26-23-19(29(20)24)9-11-25-23/h5-9,11,14,17,25H,3-4,10,12-13,15H2,1-2H3. The maximum atomic E-state index is 12.7. The maximum Gasteiger partial charge on any atom is 0.224 e. The largest absolute Gasteiger partial charge is 0.384 e. The average molecular weight is 482 g/mol. The topological polar surface area (TPSA) is 110 Å². The van der Waals surface area contributed by atoms with Crippen molar-refractivity contribution in [1.82, 2.24) is 24.3 Å². The highest BCUT2D eigenvalue weighted by Crippen LogP contribution is 2.34. The van der Waals surface area contributed by atoms with Gasteiger partial charge in [0.1, 0.15) is 5.82 Å². The molecule has 0 radical (unpaired) electrons. The van der Waals surface area contributed by atoms with E-state index in [0.29, 0.717) is 19.6 Å². The zero-order chi connectivity index (χ0) is 23.9. The lowest BCUT2D eigenvalue weighted by Gasteiger charge is -2.32. The number of amides is 1. The first kappa shape index (κ1) is 22.5. The summed E-state index contributed by atoms with van der Waals surface area (Å²) in [5, 5.41) is 0. The second-order valence-corrected chi connectivity index (χ2v) is 10.7. The summed E-state index contributed by atoms with van der Waals surface area (Å²) in [4.78, 5) is 27.6. The molecular weight excluding hydrogens is 454 g/mol. The lowest BCUT2D eigenvalue weighted by Crippen LogP contribution is -2.39. The molecule has 1 amide bonds. The van der Waals surface area contributed by atoms with Gasteiger partial charge < -0.3 is 14.6 Å². The number of rotatable bonds is 6. The third kappa shape index (κ3) is 4.07. The first-order valence-corrected chi connectivity index (χ1v) is 13.2. The average Bonchev–Trinajstić information content (AvgIpc) is 3.46. The Morgan fingerprint density at radius 2 is 2.00 bits per heavy atom. The van der Waals surface area contributed by atoms with Gasteiger partial charge in [0.05, 0.1) is 40.8 Å². The summed E-state index contributed by atoms with van der Waals surface area (Å²) in [5.41, 5.74) is 4.08. The van der Waals surface area contributed by atoms with Gasteiger partial charge in [-0.1, -0.05) is 12.1 Å². The molecule has 4 aromatic rings. The van der Waals surface area contributed by atoms with E-state index in [1.807, 2.05) is 17.2 Å². The molecule has 1 aromatic carbocycles. The van der Waals surface area contributed by atoms with E-state index in [1.165, 1.54) is 6.26 Å². The molecule has 34 heavy (non-hydrogen) atoms. The minimum atomic E-state index is -3.29. The third-order valence-corrected chi connectivity index (χ3v) is 7.54. The summed E-state index contributed by atoms with van der Waals surface area (Å²) in [7, 11) is -1.69. The lowest BCUT2D eigenvalue weighted by molar-refractivity contribution is -0.133. The van der Waals surface area contributed by atoms with E-state index in [-0.39, 0.29) is 16.7 Å². The van der Waals surface area contributed by atoms with Crippen LogP contribution in [0.1, 0.15) is 31.0 Å². The molecule has 10 heteroatoms. The van der Waals surface area contributed by atoms with Crippen molar-refractivity contribution in [2.75, 3.05) is 33.1 Å². The van der Waals surface area contributed by atoms with E-state index in [4.69, 9.17) is 9.72 Å². The second-order valence-electron chi connectivity index (χ2n) is 8.73. The molecule has 4 heterocycles. The SMILES string of the molecule is COCCC(=O)N1CCCC(c2nc(-c3ccc(S(C)(=O)=O)cc3)c3cnc4[nH]ccc4n23)C1. The third-order valence-electron chi connectivity index (χ3n) is 6.41. The van der Waals surface area contributed by atoms with E-state index in [0.717, 1.165) is 53.1 Å². The van der Waals surface area contributed by atoms with Crippen LogP contribution in [0.5, 0.6) is 0 Å². The maximum absolute atomic E-state index is 12.7. The van der Waals surface area contributed by atoms with Gasteiger partial charge in [-0.25, -0.2) is 18.4 Å². The molecule has 1 aliphatic rings. The van der Waals surface area contributed by atoms with Crippen molar-refractivity contribution in [3.05, 3.63) is 48.5 Å². The van der Waals surface area contributed by atoms with Gasteiger partial charge in [-0.15, -0.1) is 0 Å². The number of fused-ring (bicyclic) bond motifs is 3. The Balaban J connectivity index is 1.59. The summed E-state index contributed by atoms with van der Waals surface area (Å²) >= 11 is 0. The number of aromatic amines is 1.